The molecule has 0 bridgehead atoms. The van der Waals surface area contributed by atoms with Crippen LogP contribution in [0.5, 0.6) is 5.75 Å². The van der Waals surface area contributed by atoms with Crippen LogP contribution >= 0.6 is 0 Å². The Morgan fingerprint density at radius 3 is 2.62 bits per heavy atom. The number of hydrogen-bond donors (Lipinski definition) is 0. The molecule has 0 radical (unpaired) electrons. The number of hydrogen-bond acceptors (Lipinski definition) is 7. The van der Waals surface area contributed by atoms with Gasteiger partial charge in [0, 0.05) is 25.8 Å². The number of piperidine rings is 1. The van der Waals surface area contributed by atoms with Crippen molar-refractivity contribution in [3.05, 3.63) is 41.6 Å². The smallest absolute Gasteiger partial charge is 0.328 e. The van der Waals surface area contributed by atoms with Crippen LogP contribution in [0.3, 0.4) is 0 Å². The van der Waals surface area contributed by atoms with Crippen molar-refractivity contribution < 1.29 is 23.5 Å². The van der Waals surface area contributed by atoms with E-state index in [2.05, 4.69) is 10.2 Å². The molecule has 0 N–H and O–H groups in total. The van der Waals surface area contributed by atoms with Gasteiger partial charge in [0.1, 0.15) is 11.8 Å². The van der Waals surface area contributed by atoms with E-state index >= 15 is 0 Å². The Morgan fingerprint density at radius 1 is 1.10 bits per heavy atom. The number of benzene rings is 1. The molecule has 1 atom stereocenters. The number of para-hydroxylation sites is 1. The molecule has 1 aromatic carbocycles. The van der Waals surface area contributed by atoms with Gasteiger partial charge in [0.15, 0.2) is 0 Å². The summed E-state index contributed by atoms with van der Waals surface area (Å²) in [5.41, 5.74) is 1.07. The van der Waals surface area contributed by atoms with Crippen molar-refractivity contribution in [1.29, 1.82) is 0 Å². The number of nitrogens with zero attached hydrogens (tertiary/aromatic N) is 3. The van der Waals surface area contributed by atoms with Gasteiger partial charge in [0.05, 0.1) is 14.2 Å². The first-order valence-electron chi connectivity index (χ1n) is 9.92. The van der Waals surface area contributed by atoms with Gasteiger partial charge >= 0.3 is 5.97 Å². The highest BCUT2D eigenvalue weighted by molar-refractivity contribution is 5.84. The standard InChI is InChI=1S/C21H27N3O5/c1-27-17-9-4-3-7-15(17)10-11-18-22-23-19(29-18)12-13-20(25)24-14-6-5-8-16(24)21(26)28-2/h3-4,7,9,16H,5-6,8,10-14H2,1-2H3/t16-/m1/s1. The topological polar surface area (TPSA) is 94.8 Å². The summed E-state index contributed by atoms with van der Waals surface area (Å²) in [5, 5.41) is 8.13. The average molecular weight is 401 g/mol. The van der Waals surface area contributed by atoms with Gasteiger partial charge in [-0.05, 0) is 37.3 Å². The molecule has 156 valence electrons. The molecule has 1 saturated heterocycles. The van der Waals surface area contributed by atoms with E-state index in [9.17, 15) is 9.59 Å². The SMILES string of the molecule is COC(=O)[C@H]1CCCCN1C(=O)CCc1nnc(CCc2ccccc2OC)o1. The molecule has 3 rings (SSSR count). The van der Waals surface area contributed by atoms with Crippen LogP contribution in [-0.4, -0.2) is 53.8 Å². The highest BCUT2D eigenvalue weighted by Crippen LogP contribution is 2.21. The van der Waals surface area contributed by atoms with Crippen molar-refractivity contribution in [3.63, 3.8) is 0 Å². The maximum absolute atomic E-state index is 12.6. The molecule has 2 heterocycles. The summed E-state index contributed by atoms with van der Waals surface area (Å²) < 4.78 is 15.9. The third kappa shape index (κ3) is 5.34. The minimum atomic E-state index is -0.486. The molecule has 1 aliphatic rings. The molecule has 2 aromatic rings. The molecule has 0 saturated carbocycles. The molecule has 8 nitrogen and oxygen atoms in total. The normalized spacial score (nSPS) is 16.5. The summed E-state index contributed by atoms with van der Waals surface area (Å²) in [4.78, 5) is 26.2. The van der Waals surface area contributed by atoms with Crippen molar-refractivity contribution >= 4 is 11.9 Å². The Balaban J connectivity index is 1.52. The van der Waals surface area contributed by atoms with E-state index in [0.717, 1.165) is 30.6 Å². The zero-order chi connectivity index (χ0) is 20.6. The van der Waals surface area contributed by atoms with E-state index in [4.69, 9.17) is 13.9 Å². The number of ether oxygens (including phenoxy) is 2. The van der Waals surface area contributed by atoms with Crippen molar-refractivity contribution in [2.75, 3.05) is 20.8 Å². The van der Waals surface area contributed by atoms with E-state index in [1.165, 1.54) is 7.11 Å². The van der Waals surface area contributed by atoms with Gasteiger partial charge in [-0.1, -0.05) is 18.2 Å². The molecule has 29 heavy (non-hydrogen) atoms. The minimum Gasteiger partial charge on any atom is -0.496 e. The lowest BCUT2D eigenvalue weighted by Gasteiger charge is -2.33. The molecule has 1 aliphatic heterocycles. The summed E-state index contributed by atoms with van der Waals surface area (Å²) >= 11 is 0. The number of esters is 1. The Morgan fingerprint density at radius 2 is 1.86 bits per heavy atom. The first-order valence-corrected chi connectivity index (χ1v) is 9.92. The molecule has 0 spiro atoms. The van der Waals surface area contributed by atoms with Crippen LogP contribution in [0.15, 0.2) is 28.7 Å². The van der Waals surface area contributed by atoms with Crippen LogP contribution in [0.4, 0.5) is 0 Å². The minimum absolute atomic E-state index is 0.0890. The van der Waals surface area contributed by atoms with Gasteiger partial charge in [0.2, 0.25) is 17.7 Å². The summed E-state index contributed by atoms with van der Waals surface area (Å²) in [6, 6.07) is 7.33. The largest absolute Gasteiger partial charge is 0.496 e. The second-order valence-corrected chi connectivity index (χ2v) is 7.02. The van der Waals surface area contributed by atoms with Gasteiger partial charge in [0.25, 0.3) is 0 Å². The maximum atomic E-state index is 12.6. The lowest BCUT2D eigenvalue weighted by molar-refractivity contribution is -0.154. The fraction of sp³-hybridized carbons (Fsp3) is 0.524. The zero-order valence-electron chi connectivity index (χ0n) is 16.9. The van der Waals surface area contributed by atoms with Gasteiger partial charge in [-0.3, -0.25) is 4.79 Å². The number of likely N-dealkylation sites (tertiary alicyclic amines) is 1. The van der Waals surface area contributed by atoms with Gasteiger partial charge in [-0.15, -0.1) is 10.2 Å². The fourth-order valence-electron chi connectivity index (χ4n) is 3.61. The van der Waals surface area contributed by atoms with E-state index < -0.39 is 6.04 Å². The predicted octanol–water partition coefficient (Wildman–Crippen LogP) is 2.35. The van der Waals surface area contributed by atoms with E-state index in [1.54, 1.807) is 12.0 Å². The number of carbonyl (C=O) groups excluding carboxylic acids is 2. The van der Waals surface area contributed by atoms with E-state index in [-0.39, 0.29) is 18.3 Å². The Kier molecular flexibility index (Phi) is 7.21. The molecular weight excluding hydrogens is 374 g/mol. The summed E-state index contributed by atoms with van der Waals surface area (Å²) in [6.07, 6.45) is 4.35. The van der Waals surface area contributed by atoms with Crippen molar-refractivity contribution in [2.24, 2.45) is 0 Å². The first kappa shape index (κ1) is 20.8. The molecule has 0 aliphatic carbocycles. The summed E-state index contributed by atoms with van der Waals surface area (Å²) in [6.45, 7) is 0.576. The van der Waals surface area contributed by atoms with Crippen molar-refractivity contribution in [3.8, 4) is 5.75 Å². The Bertz CT molecular complexity index is 835. The van der Waals surface area contributed by atoms with Gasteiger partial charge in [-0.2, -0.15) is 0 Å². The molecular formula is C21H27N3O5. The zero-order valence-corrected chi connectivity index (χ0v) is 16.9. The number of amides is 1. The average Bonchev–Trinajstić information content (AvgIpc) is 3.23. The molecule has 8 heteroatoms. The van der Waals surface area contributed by atoms with Crippen LogP contribution in [0, 0.1) is 0 Å². The molecule has 1 fully saturated rings. The highest BCUT2D eigenvalue weighted by atomic mass is 16.5. The Labute approximate surface area is 170 Å². The monoisotopic (exact) mass is 401 g/mol. The third-order valence-corrected chi connectivity index (χ3v) is 5.16. The number of methoxy groups -OCH3 is 2. The number of aryl methyl sites for hydroxylation is 3. The van der Waals surface area contributed by atoms with Gasteiger partial charge in [-0.25, -0.2) is 4.79 Å². The van der Waals surface area contributed by atoms with Crippen LogP contribution < -0.4 is 4.74 Å². The number of rotatable bonds is 8. The summed E-state index contributed by atoms with van der Waals surface area (Å²) in [5.74, 6) is 1.35. The van der Waals surface area contributed by atoms with E-state index in [0.29, 0.717) is 37.6 Å². The second-order valence-electron chi connectivity index (χ2n) is 7.02. The molecule has 0 unspecified atom stereocenters. The van der Waals surface area contributed by atoms with Crippen LogP contribution in [0.25, 0.3) is 0 Å². The molecule has 1 aromatic heterocycles. The number of carbonyl (C=O) groups is 2. The Hall–Kier alpha value is -2.90. The number of aromatic nitrogens is 2. The predicted molar refractivity (Wildman–Crippen MR) is 104 cm³/mol. The maximum Gasteiger partial charge on any atom is 0.328 e. The summed E-state index contributed by atoms with van der Waals surface area (Å²) in [7, 11) is 3.00. The van der Waals surface area contributed by atoms with Crippen molar-refractivity contribution in [2.45, 2.75) is 51.0 Å². The van der Waals surface area contributed by atoms with Crippen molar-refractivity contribution in [1.82, 2.24) is 15.1 Å². The fourth-order valence-corrected chi connectivity index (χ4v) is 3.61. The lowest BCUT2D eigenvalue weighted by atomic mass is 10.0. The van der Waals surface area contributed by atoms with Crippen LogP contribution in [-0.2, 0) is 33.6 Å². The van der Waals surface area contributed by atoms with Gasteiger partial charge < -0.3 is 18.8 Å². The van der Waals surface area contributed by atoms with Crippen LogP contribution in [0.2, 0.25) is 0 Å². The van der Waals surface area contributed by atoms with Crippen LogP contribution in [0.1, 0.15) is 43.0 Å². The van der Waals surface area contributed by atoms with E-state index in [1.807, 2.05) is 24.3 Å². The first-order chi connectivity index (χ1) is 14.1. The lowest BCUT2D eigenvalue weighted by Crippen LogP contribution is -2.48. The highest BCUT2D eigenvalue weighted by Gasteiger charge is 2.32. The second kappa shape index (κ2) is 10.0. The third-order valence-electron chi connectivity index (χ3n) is 5.16. The molecule has 1 amide bonds. The quantitative estimate of drug-likeness (QED) is 0.627.